The predicted molar refractivity (Wildman–Crippen MR) is 67.7 cm³/mol. The van der Waals surface area contributed by atoms with E-state index in [1.165, 1.54) is 0 Å². The van der Waals surface area contributed by atoms with Gasteiger partial charge in [0.2, 0.25) is 0 Å². The maximum atomic E-state index is 6.01. The first kappa shape index (κ1) is 11.5. The number of rotatable bonds is 4. The second-order valence-corrected chi connectivity index (χ2v) is 4.06. The highest BCUT2D eigenvalue weighted by Crippen LogP contribution is 2.26. The normalized spacial score (nSPS) is 12.6. The molecule has 0 aliphatic heterocycles. The molecule has 0 spiro atoms. The molecule has 0 saturated heterocycles. The number of anilines is 2. The van der Waals surface area contributed by atoms with Crippen LogP contribution in [-0.2, 0) is 6.54 Å². The first-order valence-corrected chi connectivity index (χ1v) is 5.71. The molecule has 92 valence electrons. The van der Waals surface area contributed by atoms with Gasteiger partial charge in [0, 0.05) is 18.3 Å². The summed E-state index contributed by atoms with van der Waals surface area (Å²) in [5, 5.41) is 14.5. The number of aromatic nitrogens is 4. The Bertz CT molecular complexity index is 484. The summed E-state index contributed by atoms with van der Waals surface area (Å²) < 4.78 is 1.88. The molecule has 2 aromatic heterocycles. The Kier molecular flexibility index (Phi) is 3.03. The maximum absolute atomic E-state index is 6.01. The molecule has 0 radical (unpaired) electrons. The van der Waals surface area contributed by atoms with Gasteiger partial charge in [-0.15, -0.1) is 0 Å². The maximum Gasteiger partial charge on any atom is 0.148 e. The highest BCUT2D eigenvalue weighted by Gasteiger charge is 2.14. The van der Waals surface area contributed by atoms with Crippen molar-refractivity contribution in [3.05, 3.63) is 23.7 Å². The van der Waals surface area contributed by atoms with Crippen molar-refractivity contribution in [1.82, 2.24) is 20.0 Å². The average molecular weight is 234 g/mol. The van der Waals surface area contributed by atoms with Gasteiger partial charge in [0.25, 0.3) is 0 Å². The molecule has 2 aromatic rings. The van der Waals surface area contributed by atoms with Crippen LogP contribution < -0.4 is 11.1 Å². The van der Waals surface area contributed by atoms with Crippen LogP contribution in [0.1, 0.15) is 31.1 Å². The van der Waals surface area contributed by atoms with Crippen molar-refractivity contribution in [1.29, 1.82) is 0 Å². The fourth-order valence-electron chi connectivity index (χ4n) is 1.76. The van der Waals surface area contributed by atoms with E-state index in [1.807, 2.05) is 24.7 Å². The van der Waals surface area contributed by atoms with Crippen LogP contribution >= 0.6 is 0 Å². The van der Waals surface area contributed by atoms with Crippen LogP contribution in [0.4, 0.5) is 11.5 Å². The summed E-state index contributed by atoms with van der Waals surface area (Å²) in [6.45, 7) is 6.81. The van der Waals surface area contributed by atoms with Crippen LogP contribution in [0.25, 0.3) is 0 Å². The lowest BCUT2D eigenvalue weighted by molar-refractivity contribution is 0.651. The molecule has 0 saturated carbocycles. The zero-order chi connectivity index (χ0) is 12.4. The molecule has 0 aliphatic carbocycles. The zero-order valence-corrected chi connectivity index (χ0v) is 10.4. The summed E-state index contributed by atoms with van der Waals surface area (Å²) in [6.07, 6.45) is 3.67. The fourth-order valence-corrected chi connectivity index (χ4v) is 1.76. The van der Waals surface area contributed by atoms with Crippen molar-refractivity contribution >= 4 is 11.5 Å². The number of aromatic amines is 1. The van der Waals surface area contributed by atoms with Gasteiger partial charge in [-0.3, -0.25) is 5.10 Å². The lowest BCUT2D eigenvalue weighted by Gasteiger charge is -2.15. The molecule has 0 fully saturated rings. The lowest BCUT2D eigenvalue weighted by atomic mass is 10.2. The molecule has 0 aromatic carbocycles. The van der Waals surface area contributed by atoms with Crippen molar-refractivity contribution in [3.8, 4) is 0 Å². The van der Waals surface area contributed by atoms with Crippen LogP contribution in [0.3, 0.4) is 0 Å². The highest BCUT2D eigenvalue weighted by molar-refractivity contribution is 5.65. The third-order valence-corrected chi connectivity index (χ3v) is 2.85. The van der Waals surface area contributed by atoms with Gasteiger partial charge in [-0.05, 0) is 20.8 Å². The summed E-state index contributed by atoms with van der Waals surface area (Å²) in [6, 6.07) is 0.137. The second-order valence-electron chi connectivity index (χ2n) is 4.06. The molecule has 6 nitrogen and oxygen atoms in total. The Morgan fingerprint density at radius 1 is 1.59 bits per heavy atom. The summed E-state index contributed by atoms with van der Waals surface area (Å²) in [5.74, 6) is 0.874. The van der Waals surface area contributed by atoms with Crippen LogP contribution in [0.15, 0.2) is 12.4 Å². The van der Waals surface area contributed by atoms with E-state index in [0.29, 0.717) is 5.69 Å². The summed E-state index contributed by atoms with van der Waals surface area (Å²) >= 11 is 0. The molecule has 17 heavy (non-hydrogen) atoms. The third kappa shape index (κ3) is 2.11. The van der Waals surface area contributed by atoms with Gasteiger partial charge < -0.3 is 11.1 Å². The number of H-pyrrole nitrogens is 1. The van der Waals surface area contributed by atoms with E-state index >= 15 is 0 Å². The number of nitrogen functional groups attached to an aromatic ring is 1. The largest absolute Gasteiger partial charge is 0.394 e. The number of hydrogen-bond donors (Lipinski definition) is 3. The summed E-state index contributed by atoms with van der Waals surface area (Å²) in [5.41, 5.74) is 8.67. The zero-order valence-electron chi connectivity index (χ0n) is 10.4. The molecule has 2 rings (SSSR count). The molecule has 0 bridgehead atoms. The Hall–Kier alpha value is -1.98. The van der Waals surface area contributed by atoms with Crippen LogP contribution in [0.5, 0.6) is 0 Å². The van der Waals surface area contributed by atoms with Crippen LogP contribution in [0, 0.1) is 6.92 Å². The molecule has 1 atom stereocenters. The third-order valence-electron chi connectivity index (χ3n) is 2.85. The lowest BCUT2D eigenvalue weighted by Crippen LogP contribution is -2.12. The minimum Gasteiger partial charge on any atom is -0.394 e. The van der Waals surface area contributed by atoms with Crippen molar-refractivity contribution in [2.75, 3.05) is 11.1 Å². The van der Waals surface area contributed by atoms with Gasteiger partial charge in [-0.1, -0.05) is 0 Å². The van der Waals surface area contributed by atoms with E-state index in [0.717, 1.165) is 23.6 Å². The molecule has 6 heteroatoms. The smallest absolute Gasteiger partial charge is 0.148 e. The molecule has 2 heterocycles. The van der Waals surface area contributed by atoms with Gasteiger partial charge in [-0.25, -0.2) is 4.68 Å². The van der Waals surface area contributed by atoms with Crippen molar-refractivity contribution in [3.63, 3.8) is 0 Å². The van der Waals surface area contributed by atoms with E-state index in [4.69, 9.17) is 5.73 Å². The topological polar surface area (TPSA) is 84.6 Å². The monoisotopic (exact) mass is 234 g/mol. The summed E-state index contributed by atoms with van der Waals surface area (Å²) in [7, 11) is 0. The van der Waals surface area contributed by atoms with Gasteiger partial charge in [0.1, 0.15) is 5.82 Å². The number of nitrogens with zero attached hydrogens (tertiary/aromatic N) is 3. The number of aryl methyl sites for hydroxylation is 2. The predicted octanol–water partition coefficient (Wildman–Crippen LogP) is 1.69. The van der Waals surface area contributed by atoms with Gasteiger partial charge in [0.15, 0.2) is 0 Å². The van der Waals surface area contributed by atoms with Crippen molar-refractivity contribution < 1.29 is 0 Å². The van der Waals surface area contributed by atoms with Gasteiger partial charge in [0.05, 0.1) is 23.6 Å². The molecule has 1 unspecified atom stereocenters. The van der Waals surface area contributed by atoms with Gasteiger partial charge >= 0.3 is 0 Å². The quantitative estimate of drug-likeness (QED) is 0.751. The second kappa shape index (κ2) is 4.48. The molecule has 0 aliphatic rings. The molecular formula is C11H18N6. The number of nitrogens with two attached hydrogens (primary N) is 1. The van der Waals surface area contributed by atoms with Crippen molar-refractivity contribution in [2.24, 2.45) is 0 Å². The molecular weight excluding hydrogens is 216 g/mol. The van der Waals surface area contributed by atoms with Gasteiger partial charge in [-0.2, -0.15) is 10.2 Å². The number of nitrogens with one attached hydrogen (secondary N) is 2. The van der Waals surface area contributed by atoms with Crippen LogP contribution in [-0.4, -0.2) is 20.0 Å². The molecule has 4 N–H and O–H groups in total. The Balaban J connectivity index is 2.24. The molecule has 0 amide bonds. The van der Waals surface area contributed by atoms with E-state index in [2.05, 4.69) is 27.5 Å². The highest BCUT2D eigenvalue weighted by atomic mass is 15.3. The van der Waals surface area contributed by atoms with E-state index in [-0.39, 0.29) is 6.04 Å². The minimum absolute atomic E-state index is 0.137. The van der Waals surface area contributed by atoms with Crippen molar-refractivity contribution in [2.45, 2.75) is 33.4 Å². The minimum atomic E-state index is 0.137. The number of hydrogen-bond acceptors (Lipinski definition) is 4. The fraction of sp³-hybridized carbons (Fsp3) is 0.455. The first-order valence-electron chi connectivity index (χ1n) is 5.71. The standard InChI is InChI=1S/C11H18N6/c1-4-17-11(10(12)8(3)16-17)15-7(2)9-5-13-14-6-9/h5-7,15H,4,12H2,1-3H3,(H,13,14). The Labute approximate surface area is 100 Å². The Morgan fingerprint density at radius 2 is 2.35 bits per heavy atom. The summed E-state index contributed by atoms with van der Waals surface area (Å²) in [4.78, 5) is 0. The SMILES string of the molecule is CCn1nc(C)c(N)c1NC(C)c1cn[nH]c1. The van der Waals surface area contributed by atoms with Crippen LogP contribution in [0.2, 0.25) is 0 Å². The first-order chi connectivity index (χ1) is 8.13. The van der Waals surface area contributed by atoms with E-state index in [9.17, 15) is 0 Å². The van der Waals surface area contributed by atoms with E-state index in [1.54, 1.807) is 6.20 Å². The average Bonchev–Trinajstić information content (AvgIpc) is 2.92. The Morgan fingerprint density at radius 3 is 2.94 bits per heavy atom. The van der Waals surface area contributed by atoms with E-state index < -0.39 is 0 Å².